The molecule has 0 unspecified atom stereocenters. The van der Waals surface area contributed by atoms with Crippen LogP contribution in [0.4, 0.5) is 5.69 Å². The number of hydrogen-bond donors (Lipinski definition) is 4. The normalized spacial score (nSPS) is 14.7. The molecule has 2 aromatic carbocycles. The predicted molar refractivity (Wildman–Crippen MR) is 122 cm³/mol. The molecular weight excluding hydrogens is 406 g/mol. The zero-order valence-corrected chi connectivity index (χ0v) is 17.9. The Hall–Kier alpha value is -4.13. The van der Waals surface area contributed by atoms with Crippen LogP contribution in [0, 0.1) is 13.8 Å². The molecule has 0 bridgehead atoms. The maximum Gasteiger partial charge on any atom is 0.335 e. The first-order chi connectivity index (χ1) is 15.3. The highest BCUT2D eigenvalue weighted by Crippen LogP contribution is 2.34. The highest BCUT2D eigenvalue weighted by atomic mass is 16.4. The molecular formula is C25H23N3O4. The maximum absolute atomic E-state index is 13.0. The Bertz CT molecular complexity index is 1270. The van der Waals surface area contributed by atoms with Crippen molar-refractivity contribution in [1.29, 1.82) is 0 Å². The predicted octanol–water partition coefficient (Wildman–Crippen LogP) is 4.31. The van der Waals surface area contributed by atoms with Crippen molar-refractivity contribution in [2.45, 2.75) is 26.8 Å². The van der Waals surface area contributed by atoms with Gasteiger partial charge < -0.3 is 20.7 Å². The summed E-state index contributed by atoms with van der Waals surface area (Å²) in [4.78, 5) is 40.1. The van der Waals surface area contributed by atoms with Crippen LogP contribution in [0.25, 0.3) is 11.6 Å². The first-order valence-electron chi connectivity index (χ1n) is 10.2. The van der Waals surface area contributed by atoms with Crippen LogP contribution in [0.5, 0.6) is 0 Å². The van der Waals surface area contributed by atoms with E-state index in [-0.39, 0.29) is 23.4 Å². The number of aromatic nitrogens is 1. The summed E-state index contributed by atoms with van der Waals surface area (Å²) in [6.45, 7) is 5.55. The van der Waals surface area contributed by atoms with Crippen molar-refractivity contribution in [2.75, 3.05) is 5.32 Å². The van der Waals surface area contributed by atoms with Crippen molar-refractivity contribution in [2.24, 2.45) is 0 Å². The quantitative estimate of drug-likeness (QED) is 0.453. The maximum atomic E-state index is 13.0. The zero-order valence-electron chi connectivity index (χ0n) is 17.9. The number of aryl methyl sites for hydroxylation is 1. The van der Waals surface area contributed by atoms with E-state index in [4.69, 9.17) is 0 Å². The number of hydrogen-bond acceptors (Lipinski definition) is 3. The van der Waals surface area contributed by atoms with E-state index in [0.717, 1.165) is 5.56 Å². The SMILES string of the molecule is Cc1[nH]c(C=C2C(=O)Nc3ccc(C(=O)O)cc32)c(C)c1C(=O)N[C@H](C)c1ccccc1. The topological polar surface area (TPSA) is 111 Å². The molecule has 0 saturated carbocycles. The van der Waals surface area contributed by atoms with Gasteiger partial charge in [0.2, 0.25) is 0 Å². The number of carboxylic acid groups (broad SMARTS) is 1. The van der Waals surface area contributed by atoms with Gasteiger partial charge in [-0.05, 0) is 56.2 Å². The van der Waals surface area contributed by atoms with Gasteiger partial charge >= 0.3 is 5.97 Å². The Labute approximate surface area is 185 Å². The molecule has 7 heteroatoms. The molecule has 162 valence electrons. The number of nitrogens with one attached hydrogen (secondary N) is 3. The van der Waals surface area contributed by atoms with Gasteiger partial charge in [-0.2, -0.15) is 0 Å². The third-order valence-corrected chi connectivity index (χ3v) is 5.69. The van der Waals surface area contributed by atoms with Gasteiger partial charge in [0.1, 0.15) is 0 Å². The van der Waals surface area contributed by atoms with E-state index >= 15 is 0 Å². The summed E-state index contributed by atoms with van der Waals surface area (Å²) in [5.41, 5.74) is 5.07. The van der Waals surface area contributed by atoms with E-state index in [1.807, 2.05) is 51.1 Å². The summed E-state index contributed by atoms with van der Waals surface area (Å²) in [5, 5.41) is 15.1. The van der Waals surface area contributed by atoms with Crippen molar-refractivity contribution >= 4 is 35.1 Å². The van der Waals surface area contributed by atoms with Gasteiger partial charge in [0, 0.05) is 22.6 Å². The summed E-state index contributed by atoms with van der Waals surface area (Å²) in [6.07, 6.45) is 1.66. The van der Waals surface area contributed by atoms with Crippen LogP contribution in [0.2, 0.25) is 0 Å². The lowest BCUT2D eigenvalue weighted by molar-refractivity contribution is -0.110. The third-order valence-electron chi connectivity index (χ3n) is 5.69. The van der Waals surface area contributed by atoms with Crippen LogP contribution in [-0.4, -0.2) is 27.9 Å². The number of anilines is 1. The Kier molecular flexibility index (Phi) is 5.40. The lowest BCUT2D eigenvalue weighted by Crippen LogP contribution is -2.27. The van der Waals surface area contributed by atoms with Crippen LogP contribution in [0.3, 0.4) is 0 Å². The first kappa shape index (κ1) is 21.1. The Balaban J connectivity index is 1.66. The molecule has 1 aliphatic heterocycles. The van der Waals surface area contributed by atoms with Crippen LogP contribution in [0.15, 0.2) is 48.5 Å². The molecule has 0 fully saturated rings. The number of carbonyl (C=O) groups excluding carboxylic acids is 2. The molecule has 3 aromatic rings. The van der Waals surface area contributed by atoms with Crippen molar-refractivity contribution in [1.82, 2.24) is 10.3 Å². The van der Waals surface area contributed by atoms with E-state index in [2.05, 4.69) is 15.6 Å². The number of amides is 2. The Morgan fingerprint density at radius 1 is 1.09 bits per heavy atom. The zero-order chi connectivity index (χ0) is 23.0. The number of carbonyl (C=O) groups is 3. The molecule has 7 nitrogen and oxygen atoms in total. The van der Waals surface area contributed by atoms with E-state index in [9.17, 15) is 19.5 Å². The molecule has 0 spiro atoms. The molecule has 4 N–H and O–H groups in total. The van der Waals surface area contributed by atoms with Crippen molar-refractivity contribution in [3.05, 3.63) is 87.7 Å². The van der Waals surface area contributed by atoms with Gasteiger partial charge in [-0.3, -0.25) is 9.59 Å². The first-order valence-corrected chi connectivity index (χ1v) is 10.2. The number of fused-ring (bicyclic) bond motifs is 1. The standard InChI is InChI=1S/C25H23N3O4/c1-13-21(12-19-18-11-17(25(31)32)9-10-20(18)28-23(19)29)26-15(3)22(13)24(30)27-14(2)16-7-5-4-6-8-16/h4-12,14,26H,1-3H3,(H,27,30)(H,28,29)(H,31,32)/t14-/m1/s1. The van der Waals surface area contributed by atoms with Gasteiger partial charge in [-0.25, -0.2) is 4.79 Å². The number of aromatic carboxylic acids is 1. The smallest absolute Gasteiger partial charge is 0.335 e. The lowest BCUT2D eigenvalue weighted by atomic mass is 10.0. The van der Waals surface area contributed by atoms with Crippen LogP contribution in [-0.2, 0) is 4.79 Å². The van der Waals surface area contributed by atoms with Gasteiger partial charge in [0.25, 0.3) is 11.8 Å². The number of carboxylic acids is 1. The Morgan fingerprint density at radius 2 is 1.81 bits per heavy atom. The number of H-pyrrole nitrogens is 1. The summed E-state index contributed by atoms with van der Waals surface area (Å²) in [6, 6.07) is 14.0. The van der Waals surface area contributed by atoms with E-state index < -0.39 is 5.97 Å². The fourth-order valence-electron chi connectivity index (χ4n) is 3.96. The average Bonchev–Trinajstić information content (AvgIpc) is 3.23. The minimum atomic E-state index is -1.06. The molecule has 0 aliphatic carbocycles. The molecule has 0 saturated heterocycles. The van der Waals surface area contributed by atoms with Gasteiger partial charge in [0.15, 0.2) is 0 Å². The average molecular weight is 429 g/mol. The minimum Gasteiger partial charge on any atom is -0.478 e. The lowest BCUT2D eigenvalue weighted by Gasteiger charge is -2.14. The van der Waals surface area contributed by atoms with E-state index in [1.165, 1.54) is 12.1 Å². The molecule has 1 aliphatic rings. The molecule has 1 atom stereocenters. The van der Waals surface area contributed by atoms with Crippen molar-refractivity contribution in [3.8, 4) is 0 Å². The highest BCUT2D eigenvalue weighted by Gasteiger charge is 2.27. The minimum absolute atomic E-state index is 0.0977. The van der Waals surface area contributed by atoms with Gasteiger partial charge in [-0.1, -0.05) is 30.3 Å². The number of rotatable bonds is 5. The molecule has 32 heavy (non-hydrogen) atoms. The summed E-state index contributed by atoms with van der Waals surface area (Å²) < 4.78 is 0. The largest absolute Gasteiger partial charge is 0.478 e. The van der Waals surface area contributed by atoms with Crippen LogP contribution in [0.1, 0.15) is 61.8 Å². The molecule has 1 aromatic heterocycles. The summed E-state index contributed by atoms with van der Waals surface area (Å²) >= 11 is 0. The van der Waals surface area contributed by atoms with Crippen molar-refractivity contribution < 1.29 is 19.5 Å². The summed E-state index contributed by atoms with van der Waals surface area (Å²) in [5.74, 6) is -1.59. The molecule has 2 amide bonds. The fourth-order valence-corrected chi connectivity index (χ4v) is 3.96. The van der Waals surface area contributed by atoms with Crippen LogP contribution >= 0.6 is 0 Å². The fraction of sp³-hybridized carbons (Fsp3) is 0.160. The third kappa shape index (κ3) is 3.80. The summed E-state index contributed by atoms with van der Waals surface area (Å²) in [7, 11) is 0. The monoisotopic (exact) mass is 429 g/mol. The second-order valence-corrected chi connectivity index (χ2v) is 7.85. The second-order valence-electron chi connectivity index (χ2n) is 7.85. The number of benzene rings is 2. The number of aromatic amines is 1. The van der Waals surface area contributed by atoms with Crippen molar-refractivity contribution in [3.63, 3.8) is 0 Å². The second kappa shape index (κ2) is 8.19. The van der Waals surface area contributed by atoms with Gasteiger partial charge in [0.05, 0.1) is 22.7 Å². The van der Waals surface area contributed by atoms with E-state index in [0.29, 0.717) is 39.3 Å². The molecule has 4 rings (SSSR count). The molecule has 2 heterocycles. The van der Waals surface area contributed by atoms with Crippen LogP contribution < -0.4 is 10.6 Å². The molecule has 0 radical (unpaired) electrons. The van der Waals surface area contributed by atoms with Gasteiger partial charge in [-0.15, -0.1) is 0 Å². The highest BCUT2D eigenvalue weighted by molar-refractivity contribution is 6.35. The Morgan fingerprint density at radius 3 is 2.50 bits per heavy atom. The van der Waals surface area contributed by atoms with E-state index in [1.54, 1.807) is 12.1 Å².